The van der Waals surface area contributed by atoms with Crippen LogP contribution in [0.5, 0.6) is 0 Å². The van der Waals surface area contributed by atoms with Gasteiger partial charge in [-0.15, -0.1) is 10.2 Å². The molecule has 0 bridgehead atoms. The van der Waals surface area contributed by atoms with Crippen molar-refractivity contribution in [3.63, 3.8) is 0 Å². The van der Waals surface area contributed by atoms with E-state index in [1.165, 1.54) is 12.8 Å². The first-order chi connectivity index (χ1) is 9.84. The second-order valence-corrected chi connectivity index (χ2v) is 5.12. The zero-order valence-electron chi connectivity index (χ0n) is 11.7. The normalized spacial score (nSPS) is 18.8. The molecule has 20 heavy (non-hydrogen) atoms. The Bertz CT molecular complexity index is 534. The van der Waals surface area contributed by atoms with Crippen LogP contribution in [0.25, 0.3) is 11.3 Å². The molecule has 5 heteroatoms. The molecule has 3 rings (SSSR count). The predicted molar refractivity (Wildman–Crippen MR) is 79.6 cm³/mol. The van der Waals surface area contributed by atoms with E-state index in [0.29, 0.717) is 6.04 Å². The van der Waals surface area contributed by atoms with Gasteiger partial charge in [0.25, 0.3) is 0 Å². The molecule has 1 atom stereocenters. The second kappa shape index (κ2) is 5.96. The molecule has 1 aliphatic rings. The van der Waals surface area contributed by atoms with Crippen LogP contribution in [0.3, 0.4) is 0 Å². The first kappa shape index (κ1) is 13.0. The third-order valence-electron chi connectivity index (χ3n) is 3.81. The van der Waals surface area contributed by atoms with Gasteiger partial charge in [-0.1, -0.05) is 0 Å². The maximum absolute atomic E-state index is 4.36. The topological polar surface area (TPSA) is 53.9 Å². The molecule has 2 aromatic heterocycles. The third kappa shape index (κ3) is 2.77. The number of aromatic nitrogens is 3. The standard InChI is InChI=1S/C15H19N5/c1-20(13-3-2-8-17-11-13)15-5-4-14(18-19-15)12-6-9-16-10-7-12/h4-7,9-10,13,17H,2-3,8,11H2,1H3. The summed E-state index contributed by atoms with van der Waals surface area (Å²) >= 11 is 0. The molecule has 1 N–H and O–H groups in total. The number of hydrogen-bond acceptors (Lipinski definition) is 5. The van der Waals surface area contributed by atoms with E-state index in [1.54, 1.807) is 12.4 Å². The summed E-state index contributed by atoms with van der Waals surface area (Å²) in [7, 11) is 2.09. The highest BCUT2D eigenvalue weighted by atomic mass is 15.3. The Hall–Kier alpha value is -2.01. The van der Waals surface area contributed by atoms with Crippen LogP contribution in [0.15, 0.2) is 36.7 Å². The Morgan fingerprint density at radius 3 is 2.65 bits per heavy atom. The molecular formula is C15H19N5. The van der Waals surface area contributed by atoms with Crippen molar-refractivity contribution in [2.75, 3.05) is 25.0 Å². The van der Waals surface area contributed by atoms with Gasteiger partial charge in [-0.05, 0) is 43.7 Å². The van der Waals surface area contributed by atoms with Crippen molar-refractivity contribution in [2.24, 2.45) is 0 Å². The van der Waals surface area contributed by atoms with E-state index in [-0.39, 0.29) is 0 Å². The summed E-state index contributed by atoms with van der Waals surface area (Å²) in [6.45, 7) is 2.14. The molecule has 0 radical (unpaired) electrons. The van der Waals surface area contributed by atoms with Gasteiger partial charge in [-0.3, -0.25) is 4.98 Å². The van der Waals surface area contributed by atoms with Crippen molar-refractivity contribution in [1.29, 1.82) is 0 Å². The first-order valence-corrected chi connectivity index (χ1v) is 7.02. The largest absolute Gasteiger partial charge is 0.354 e. The fourth-order valence-electron chi connectivity index (χ4n) is 2.54. The lowest BCUT2D eigenvalue weighted by molar-refractivity contribution is 0.442. The molecule has 5 nitrogen and oxygen atoms in total. The minimum atomic E-state index is 0.504. The average Bonchev–Trinajstić information content (AvgIpc) is 2.56. The molecule has 1 unspecified atom stereocenters. The first-order valence-electron chi connectivity index (χ1n) is 7.02. The van der Waals surface area contributed by atoms with Crippen LogP contribution in [0.2, 0.25) is 0 Å². The van der Waals surface area contributed by atoms with Crippen molar-refractivity contribution < 1.29 is 0 Å². The number of rotatable bonds is 3. The Morgan fingerprint density at radius 2 is 2.00 bits per heavy atom. The molecule has 0 spiro atoms. The molecule has 3 heterocycles. The predicted octanol–water partition coefficient (Wildman–Crippen LogP) is 1.73. The number of piperidine rings is 1. The zero-order valence-corrected chi connectivity index (χ0v) is 11.7. The van der Waals surface area contributed by atoms with Crippen molar-refractivity contribution in [1.82, 2.24) is 20.5 Å². The molecule has 0 amide bonds. The summed E-state index contributed by atoms with van der Waals surface area (Å²) in [5, 5.41) is 12.1. The molecule has 1 fully saturated rings. The molecule has 1 saturated heterocycles. The third-order valence-corrected chi connectivity index (χ3v) is 3.81. The summed E-state index contributed by atoms with van der Waals surface area (Å²) in [6.07, 6.45) is 5.96. The van der Waals surface area contributed by atoms with Crippen LogP contribution in [-0.4, -0.2) is 41.4 Å². The smallest absolute Gasteiger partial charge is 0.151 e. The lowest BCUT2D eigenvalue weighted by Crippen LogP contribution is -2.44. The van der Waals surface area contributed by atoms with Crippen LogP contribution in [-0.2, 0) is 0 Å². The molecular weight excluding hydrogens is 250 g/mol. The quantitative estimate of drug-likeness (QED) is 0.919. The molecule has 0 aliphatic carbocycles. The summed E-state index contributed by atoms with van der Waals surface area (Å²) in [5.41, 5.74) is 1.92. The number of likely N-dealkylation sites (N-methyl/N-ethyl adjacent to an activating group) is 1. The Balaban J connectivity index is 1.75. The Morgan fingerprint density at radius 1 is 1.15 bits per heavy atom. The minimum Gasteiger partial charge on any atom is -0.354 e. The van der Waals surface area contributed by atoms with Crippen molar-refractivity contribution in [3.8, 4) is 11.3 Å². The Kier molecular flexibility index (Phi) is 3.87. The van der Waals surface area contributed by atoms with E-state index >= 15 is 0 Å². The Labute approximate surface area is 119 Å². The highest BCUT2D eigenvalue weighted by molar-refractivity contribution is 5.58. The van der Waals surface area contributed by atoms with E-state index in [2.05, 4.69) is 32.4 Å². The number of anilines is 1. The average molecular weight is 269 g/mol. The summed E-state index contributed by atoms with van der Waals surface area (Å²) in [4.78, 5) is 6.23. The molecule has 0 saturated carbocycles. The van der Waals surface area contributed by atoms with Crippen LogP contribution < -0.4 is 10.2 Å². The molecule has 2 aromatic rings. The van der Waals surface area contributed by atoms with Gasteiger partial charge < -0.3 is 10.2 Å². The number of hydrogen-bond donors (Lipinski definition) is 1. The van der Waals surface area contributed by atoms with E-state index in [9.17, 15) is 0 Å². The van der Waals surface area contributed by atoms with Crippen LogP contribution in [0.1, 0.15) is 12.8 Å². The second-order valence-electron chi connectivity index (χ2n) is 5.12. The van der Waals surface area contributed by atoms with Gasteiger partial charge in [-0.25, -0.2) is 0 Å². The highest BCUT2D eigenvalue weighted by Gasteiger charge is 2.19. The van der Waals surface area contributed by atoms with E-state index in [1.807, 2.05) is 24.3 Å². The van der Waals surface area contributed by atoms with Gasteiger partial charge in [0, 0.05) is 37.6 Å². The van der Waals surface area contributed by atoms with Gasteiger partial charge in [0.2, 0.25) is 0 Å². The summed E-state index contributed by atoms with van der Waals surface area (Å²) in [6, 6.07) is 8.45. The minimum absolute atomic E-state index is 0.504. The van der Waals surface area contributed by atoms with Crippen LogP contribution in [0.4, 0.5) is 5.82 Å². The fraction of sp³-hybridized carbons (Fsp3) is 0.400. The SMILES string of the molecule is CN(c1ccc(-c2ccncc2)nn1)C1CCCNC1. The van der Waals surface area contributed by atoms with E-state index in [4.69, 9.17) is 0 Å². The van der Waals surface area contributed by atoms with Crippen molar-refractivity contribution in [2.45, 2.75) is 18.9 Å². The number of pyridine rings is 1. The molecule has 104 valence electrons. The van der Waals surface area contributed by atoms with Gasteiger partial charge in [0.05, 0.1) is 5.69 Å². The fourth-order valence-corrected chi connectivity index (χ4v) is 2.54. The summed E-state index contributed by atoms with van der Waals surface area (Å²) < 4.78 is 0. The highest BCUT2D eigenvalue weighted by Crippen LogP contribution is 2.19. The van der Waals surface area contributed by atoms with Crippen molar-refractivity contribution in [3.05, 3.63) is 36.7 Å². The van der Waals surface area contributed by atoms with Gasteiger partial charge in [-0.2, -0.15) is 0 Å². The van der Waals surface area contributed by atoms with Crippen LogP contribution >= 0.6 is 0 Å². The lowest BCUT2D eigenvalue weighted by Gasteiger charge is -2.32. The van der Waals surface area contributed by atoms with E-state index < -0.39 is 0 Å². The maximum atomic E-state index is 4.36. The summed E-state index contributed by atoms with van der Waals surface area (Å²) in [5.74, 6) is 0.927. The maximum Gasteiger partial charge on any atom is 0.151 e. The van der Waals surface area contributed by atoms with Gasteiger partial charge in [0.15, 0.2) is 5.82 Å². The van der Waals surface area contributed by atoms with Gasteiger partial charge in [0.1, 0.15) is 0 Å². The monoisotopic (exact) mass is 269 g/mol. The molecule has 1 aliphatic heterocycles. The van der Waals surface area contributed by atoms with Crippen molar-refractivity contribution >= 4 is 5.82 Å². The van der Waals surface area contributed by atoms with Crippen LogP contribution in [0, 0.1) is 0 Å². The number of nitrogens with one attached hydrogen (secondary N) is 1. The number of nitrogens with zero attached hydrogens (tertiary/aromatic N) is 4. The van der Waals surface area contributed by atoms with Gasteiger partial charge >= 0.3 is 0 Å². The zero-order chi connectivity index (χ0) is 13.8. The molecule has 0 aromatic carbocycles. The lowest BCUT2D eigenvalue weighted by atomic mass is 10.1. The van der Waals surface area contributed by atoms with E-state index in [0.717, 1.165) is 30.2 Å².